The van der Waals surface area contributed by atoms with Gasteiger partial charge in [-0.15, -0.1) is 4.37 Å². The van der Waals surface area contributed by atoms with Crippen LogP contribution in [0, 0.1) is 0 Å². The fraction of sp³-hybridized carbons (Fsp3) is 0.524. The number of carbonyl (C=O) groups excluding carboxylic acids is 2. The largest absolute Gasteiger partial charge is 0.473 e. The molecule has 2 atom stereocenters. The molecule has 0 aliphatic rings. The van der Waals surface area contributed by atoms with E-state index in [0.717, 1.165) is 17.3 Å². The Labute approximate surface area is 186 Å². The minimum atomic E-state index is -0.755. The summed E-state index contributed by atoms with van der Waals surface area (Å²) in [4.78, 5) is 23.5. The van der Waals surface area contributed by atoms with Gasteiger partial charge >= 0.3 is 5.97 Å². The zero-order valence-corrected chi connectivity index (χ0v) is 18.7. The monoisotopic (exact) mass is 450 g/mol. The van der Waals surface area contributed by atoms with Crippen molar-refractivity contribution in [2.75, 3.05) is 32.8 Å². The van der Waals surface area contributed by atoms with Gasteiger partial charge in [0.05, 0.1) is 31.2 Å². The quantitative estimate of drug-likeness (QED) is 0.291. The molecule has 0 fully saturated rings. The van der Waals surface area contributed by atoms with Gasteiger partial charge in [-0.25, -0.2) is 0 Å². The molecule has 1 aromatic carbocycles. The maximum atomic E-state index is 11.9. The van der Waals surface area contributed by atoms with Gasteiger partial charge < -0.3 is 25.2 Å². The number of nitrogens with zero attached hydrogens (tertiary/aromatic N) is 2. The highest BCUT2D eigenvalue weighted by molar-refractivity contribution is 6.99. The molecule has 31 heavy (non-hydrogen) atoms. The highest BCUT2D eigenvalue weighted by Gasteiger charge is 2.21. The minimum Gasteiger partial charge on any atom is -0.473 e. The third kappa shape index (κ3) is 9.41. The van der Waals surface area contributed by atoms with Crippen LogP contribution < -0.4 is 15.4 Å². The number of benzene rings is 1. The summed E-state index contributed by atoms with van der Waals surface area (Å²) < 4.78 is 18.9. The summed E-state index contributed by atoms with van der Waals surface area (Å²) in [7, 11) is 0. The lowest BCUT2D eigenvalue weighted by atomic mass is 10.0. The molecule has 0 spiro atoms. The summed E-state index contributed by atoms with van der Waals surface area (Å²) in [6.07, 6.45) is -0.221. The second-order valence-corrected chi connectivity index (χ2v) is 7.57. The average molecular weight is 451 g/mol. The summed E-state index contributed by atoms with van der Waals surface area (Å²) in [5.74, 6) is -0.206. The van der Waals surface area contributed by atoms with Gasteiger partial charge in [0.2, 0.25) is 11.8 Å². The van der Waals surface area contributed by atoms with Crippen LogP contribution in [0.15, 0.2) is 30.3 Å². The lowest BCUT2D eigenvalue weighted by Crippen LogP contribution is -2.37. The minimum absolute atomic E-state index is 0.0396. The van der Waals surface area contributed by atoms with Gasteiger partial charge in [-0.3, -0.25) is 9.59 Å². The number of esters is 1. The molecule has 2 unspecified atom stereocenters. The number of aliphatic hydroxyl groups excluding tert-OH is 1. The van der Waals surface area contributed by atoms with E-state index in [1.54, 1.807) is 6.92 Å². The topological polar surface area (TPSA) is 123 Å². The number of aliphatic hydroxyl groups is 1. The van der Waals surface area contributed by atoms with Crippen molar-refractivity contribution < 1.29 is 24.2 Å². The van der Waals surface area contributed by atoms with Gasteiger partial charge in [-0.2, -0.15) is 4.37 Å². The first-order chi connectivity index (χ1) is 15.0. The fourth-order valence-electron chi connectivity index (χ4n) is 2.79. The van der Waals surface area contributed by atoms with Crippen LogP contribution in [-0.4, -0.2) is 64.7 Å². The first kappa shape index (κ1) is 24.7. The normalized spacial score (nSPS) is 12.7. The Morgan fingerprint density at radius 3 is 2.71 bits per heavy atom. The van der Waals surface area contributed by atoms with E-state index in [9.17, 15) is 14.7 Å². The molecule has 3 N–H and O–H groups in total. The SMILES string of the molecule is CCOC(=O)CC(C)c1nsnc1OCC(O)CNCCNC(=O)Cc1ccccc1. The molecule has 0 radical (unpaired) electrons. The van der Waals surface area contributed by atoms with Crippen LogP contribution in [0.3, 0.4) is 0 Å². The van der Waals surface area contributed by atoms with E-state index < -0.39 is 6.10 Å². The Morgan fingerprint density at radius 1 is 1.19 bits per heavy atom. The highest BCUT2D eigenvalue weighted by atomic mass is 32.1. The Bertz CT molecular complexity index is 802. The number of nitrogens with one attached hydrogen (secondary N) is 2. The van der Waals surface area contributed by atoms with Crippen LogP contribution in [-0.2, 0) is 20.7 Å². The molecule has 2 rings (SSSR count). The standard InChI is InChI=1S/C21H30N4O5S/c1-3-29-19(28)11-15(2)20-21(25-31-24-20)30-14-17(26)13-22-9-10-23-18(27)12-16-7-5-4-6-8-16/h4-8,15,17,22,26H,3,9-14H2,1-2H3,(H,23,27). The number of hydrogen-bond acceptors (Lipinski definition) is 9. The van der Waals surface area contributed by atoms with Crippen LogP contribution in [0.1, 0.15) is 37.4 Å². The summed E-state index contributed by atoms with van der Waals surface area (Å²) >= 11 is 1.000. The molecule has 0 saturated carbocycles. The lowest BCUT2D eigenvalue weighted by molar-refractivity contribution is -0.143. The van der Waals surface area contributed by atoms with Gasteiger partial charge in [-0.05, 0) is 12.5 Å². The molecule has 170 valence electrons. The number of carbonyl (C=O) groups is 2. The summed E-state index contributed by atoms with van der Waals surface area (Å²) in [6.45, 7) is 5.28. The van der Waals surface area contributed by atoms with E-state index >= 15 is 0 Å². The first-order valence-electron chi connectivity index (χ1n) is 10.3. The van der Waals surface area contributed by atoms with Crippen molar-refractivity contribution in [2.24, 2.45) is 0 Å². The predicted molar refractivity (Wildman–Crippen MR) is 117 cm³/mol. The first-order valence-corrected chi connectivity index (χ1v) is 11.0. The Kier molecular flexibility index (Phi) is 10.9. The molecule has 0 saturated heterocycles. The lowest BCUT2D eigenvalue weighted by Gasteiger charge is -2.14. The van der Waals surface area contributed by atoms with Crippen molar-refractivity contribution in [1.29, 1.82) is 0 Å². The van der Waals surface area contributed by atoms with Crippen LogP contribution in [0.2, 0.25) is 0 Å². The molecule has 0 aliphatic carbocycles. The smallest absolute Gasteiger partial charge is 0.306 e. The van der Waals surface area contributed by atoms with Gasteiger partial charge in [0.1, 0.15) is 18.4 Å². The van der Waals surface area contributed by atoms with Crippen molar-refractivity contribution in [2.45, 2.75) is 38.7 Å². The third-order valence-electron chi connectivity index (χ3n) is 4.35. The second-order valence-electron chi connectivity index (χ2n) is 7.05. The maximum absolute atomic E-state index is 11.9. The summed E-state index contributed by atoms with van der Waals surface area (Å²) in [5, 5.41) is 16.0. The van der Waals surface area contributed by atoms with Gasteiger partial charge in [0, 0.05) is 25.6 Å². The summed E-state index contributed by atoms with van der Waals surface area (Å²) in [6, 6.07) is 9.54. The third-order valence-corrected chi connectivity index (χ3v) is 4.88. The molecule has 1 aromatic heterocycles. The second kappa shape index (κ2) is 13.7. The number of aromatic nitrogens is 2. The maximum Gasteiger partial charge on any atom is 0.306 e. The fourth-order valence-corrected chi connectivity index (χ4v) is 3.40. The zero-order chi connectivity index (χ0) is 22.5. The molecule has 1 amide bonds. The Hall–Kier alpha value is -2.56. The Balaban J connectivity index is 1.61. The zero-order valence-electron chi connectivity index (χ0n) is 17.9. The number of ether oxygens (including phenoxy) is 2. The molecular formula is C21H30N4O5S. The molecular weight excluding hydrogens is 420 g/mol. The van der Waals surface area contributed by atoms with Crippen LogP contribution in [0.4, 0.5) is 0 Å². The van der Waals surface area contributed by atoms with Crippen molar-refractivity contribution in [3.8, 4) is 5.88 Å². The summed E-state index contributed by atoms with van der Waals surface area (Å²) in [5.41, 5.74) is 1.55. The van der Waals surface area contributed by atoms with E-state index in [1.165, 1.54) is 0 Å². The van der Waals surface area contributed by atoms with Crippen LogP contribution >= 0.6 is 11.7 Å². The van der Waals surface area contributed by atoms with Crippen molar-refractivity contribution in [3.05, 3.63) is 41.6 Å². The van der Waals surface area contributed by atoms with E-state index in [0.29, 0.717) is 44.2 Å². The van der Waals surface area contributed by atoms with E-state index in [-0.39, 0.29) is 30.8 Å². The number of hydrogen-bond donors (Lipinski definition) is 3. The van der Waals surface area contributed by atoms with Crippen LogP contribution in [0.25, 0.3) is 0 Å². The Morgan fingerprint density at radius 2 is 1.97 bits per heavy atom. The van der Waals surface area contributed by atoms with Gasteiger partial charge in [0.25, 0.3) is 0 Å². The van der Waals surface area contributed by atoms with Gasteiger partial charge in [-0.1, -0.05) is 37.3 Å². The van der Waals surface area contributed by atoms with Crippen molar-refractivity contribution >= 4 is 23.6 Å². The van der Waals surface area contributed by atoms with E-state index in [1.807, 2.05) is 37.3 Å². The average Bonchev–Trinajstić information content (AvgIpc) is 3.21. The molecule has 2 aromatic rings. The van der Waals surface area contributed by atoms with Gasteiger partial charge in [0.15, 0.2) is 0 Å². The number of amides is 1. The van der Waals surface area contributed by atoms with Crippen LogP contribution in [0.5, 0.6) is 5.88 Å². The van der Waals surface area contributed by atoms with E-state index in [4.69, 9.17) is 9.47 Å². The molecule has 0 bridgehead atoms. The molecule has 1 heterocycles. The molecule has 10 heteroatoms. The highest BCUT2D eigenvalue weighted by Crippen LogP contribution is 2.27. The molecule has 9 nitrogen and oxygen atoms in total. The number of rotatable bonds is 14. The van der Waals surface area contributed by atoms with Crippen molar-refractivity contribution in [3.63, 3.8) is 0 Å². The van der Waals surface area contributed by atoms with E-state index in [2.05, 4.69) is 19.4 Å². The predicted octanol–water partition coefficient (Wildman–Crippen LogP) is 1.28. The molecule has 0 aliphatic heterocycles. The van der Waals surface area contributed by atoms with Crippen molar-refractivity contribution in [1.82, 2.24) is 19.4 Å².